The van der Waals surface area contributed by atoms with Crippen LogP contribution in [-0.2, 0) is 13.2 Å². The third kappa shape index (κ3) is 2.15. The number of alkyl halides is 3. The van der Waals surface area contributed by atoms with Crippen molar-refractivity contribution in [2.24, 2.45) is 7.05 Å². The molecule has 0 aliphatic rings. The van der Waals surface area contributed by atoms with Gasteiger partial charge in [-0.3, -0.25) is 14.7 Å². The van der Waals surface area contributed by atoms with Gasteiger partial charge in [-0.2, -0.15) is 17.9 Å². The highest BCUT2D eigenvalue weighted by Crippen LogP contribution is 2.27. The number of aromatic nitrogens is 3. The molecule has 20 heavy (non-hydrogen) atoms. The maximum absolute atomic E-state index is 12.6. The Hall–Kier alpha value is -2.65. The minimum absolute atomic E-state index is 0.288. The first-order valence-corrected chi connectivity index (χ1v) is 5.20. The van der Waals surface area contributed by atoms with Crippen LogP contribution in [0, 0.1) is 10.1 Å². The van der Waals surface area contributed by atoms with E-state index in [4.69, 9.17) is 0 Å². The lowest BCUT2D eigenvalue weighted by atomic mass is 10.3. The molecule has 0 saturated carbocycles. The zero-order valence-electron chi connectivity index (χ0n) is 9.96. The quantitative estimate of drug-likeness (QED) is 0.619. The lowest BCUT2D eigenvalue weighted by Gasteiger charge is -2.02. The normalized spacial score (nSPS) is 11.6. The van der Waals surface area contributed by atoms with Crippen molar-refractivity contribution < 1.29 is 18.1 Å². The van der Waals surface area contributed by atoms with E-state index in [2.05, 4.69) is 5.10 Å². The second-order valence-electron chi connectivity index (χ2n) is 3.82. The molecule has 10 heteroatoms. The van der Waals surface area contributed by atoms with Crippen LogP contribution in [-0.4, -0.2) is 19.3 Å². The third-order valence-electron chi connectivity index (χ3n) is 2.54. The summed E-state index contributed by atoms with van der Waals surface area (Å²) < 4.78 is 38.6. The summed E-state index contributed by atoms with van der Waals surface area (Å²) in [6.45, 7) is 0. The van der Waals surface area contributed by atoms with Gasteiger partial charge in [0.15, 0.2) is 0 Å². The number of nitrogens with zero attached hydrogens (tertiary/aromatic N) is 4. The first-order chi connectivity index (χ1) is 9.23. The number of nitro groups is 1. The zero-order valence-corrected chi connectivity index (χ0v) is 9.96. The SMILES string of the molecule is Cn1c(C(F)(F)F)nn(-c2ccccc2[N+](=O)[O-])c1=O. The van der Waals surface area contributed by atoms with Crippen LogP contribution in [0.1, 0.15) is 5.82 Å². The lowest BCUT2D eigenvalue weighted by molar-refractivity contribution is -0.384. The Bertz CT molecular complexity index is 732. The predicted octanol–water partition coefficient (Wildman–Crippen LogP) is 1.50. The summed E-state index contributed by atoms with van der Waals surface area (Å²) >= 11 is 0. The van der Waals surface area contributed by atoms with Gasteiger partial charge in [-0.25, -0.2) is 4.79 Å². The first kappa shape index (κ1) is 13.8. The van der Waals surface area contributed by atoms with Gasteiger partial charge in [-0.1, -0.05) is 12.1 Å². The molecule has 0 atom stereocenters. The number of benzene rings is 1. The largest absolute Gasteiger partial charge is 0.451 e. The van der Waals surface area contributed by atoms with Crippen molar-refractivity contribution in [3.63, 3.8) is 0 Å². The molecule has 106 valence electrons. The van der Waals surface area contributed by atoms with Crippen molar-refractivity contribution >= 4 is 5.69 Å². The Labute approximate surface area is 109 Å². The second-order valence-corrected chi connectivity index (χ2v) is 3.82. The number of rotatable bonds is 2. The average Bonchev–Trinajstić information content (AvgIpc) is 2.66. The first-order valence-electron chi connectivity index (χ1n) is 5.20. The van der Waals surface area contributed by atoms with Gasteiger partial charge < -0.3 is 0 Å². The Morgan fingerprint density at radius 1 is 1.30 bits per heavy atom. The van der Waals surface area contributed by atoms with E-state index in [9.17, 15) is 28.1 Å². The number of hydrogen-bond acceptors (Lipinski definition) is 4. The van der Waals surface area contributed by atoms with Crippen molar-refractivity contribution in [2.45, 2.75) is 6.18 Å². The molecule has 0 aliphatic heterocycles. The van der Waals surface area contributed by atoms with E-state index in [1.165, 1.54) is 12.1 Å². The summed E-state index contributed by atoms with van der Waals surface area (Å²) in [6.07, 6.45) is -4.83. The van der Waals surface area contributed by atoms with Gasteiger partial charge >= 0.3 is 11.9 Å². The lowest BCUT2D eigenvalue weighted by Crippen LogP contribution is -2.23. The maximum Gasteiger partial charge on any atom is 0.451 e. The molecule has 0 radical (unpaired) electrons. The van der Waals surface area contributed by atoms with Crippen molar-refractivity contribution in [1.82, 2.24) is 14.3 Å². The van der Waals surface area contributed by atoms with E-state index in [1.54, 1.807) is 0 Å². The Morgan fingerprint density at radius 2 is 1.90 bits per heavy atom. The van der Waals surface area contributed by atoms with Crippen LogP contribution in [0.5, 0.6) is 0 Å². The topological polar surface area (TPSA) is 83.0 Å². The highest BCUT2D eigenvalue weighted by Gasteiger charge is 2.38. The summed E-state index contributed by atoms with van der Waals surface area (Å²) in [4.78, 5) is 21.8. The fraction of sp³-hybridized carbons (Fsp3) is 0.200. The molecule has 0 unspecified atom stereocenters. The Morgan fingerprint density at radius 3 is 2.40 bits per heavy atom. The van der Waals surface area contributed by atoms with E-state index in [-0.39, 0.29) is 10.3 Å². The van der Waals surface area contributed by atoms with Crippen LogP contribution in [0.4, 0.5) is 18.9 Å². The molecule has 0 bridgehead atoms. The van der Waals surface area contributed by atoms with Gasteiger partial charge in [-0.05, 0) is 6.07 Å². The Kier molecular flexibility index (Phi) is 3.08. The molecule has 2 aromatic rings. The van der Waals surface area contributed by atoms with Gasteiger partial charge in [0.2, 0.25) is 5.82 Å². The number of halogens is 3. The van der Waals surface area contributed by atoms with E-state index in [0.29, 0.717) is 4.68 Å². The number of nitro benzene ring substituents is 1. The van der Waals surface area contributed by atoms with Crippen LogP contribution in [0.15, 0.2) is 29.1 Å². The Balaban J connectivity index is 2.73. The van der Waals surface area contributed by atoms with Crippen LogP contribution < -0.4 is 5.69 Å². The summed E-state index contributed by atoms with van der Waals surface area (Å²) in [5.74, 6) is -1.43. The van der Waals surface area contributed by atoms with E-state index < -0.39 is 28.3 Å². The van der Waals surface area contributed by atoms with Crippen molar-refractivity contribution in [1.29, 1.82) is 0 Å². The van der Waals surface area contributed by atoms with Crippen LogP contribution >= 0.6 is 0 Å². The van der Waals surface area contributed by atoms with E-state index >= 15 is 0 Å². The molecule has 1 heterocycles. The summed E-state index contributed by atoms with van der Waals surface area (Å²) in [6, 6.07) is 4.91. The summed E-state index contributed by atoms with van der Waals surface area (Å²) in [7, 11) is 0.892. The molecule has 0 amide bonds. The average molecular weight is 288 g/mol. The molecule has 0 aliphatic carbocycles. The molecule has 0 saturated heterocycles. The van der Waals surface area contributed by atoms with Crippen molar-refractivity contribution in [3.05, 3.63) is 50.7 Å². The second kappa shape index (κ2) is 4.47. The van der Waals surface area contributed by atoms with Crippen molar-refractivity contribution in [2.75, 3.05) is 0 Å². The van der Waals surface area contributed by atoms with Crippen LogP contribution in [0.25, 0.3) is 5.69 Å². The monoisotopic (exact) mass is 288 g/mol. The minimum atomic E-state index is -4.83. The molecular weight excluding hydrogens is 281 g/mol. The standard InChI is InChI=1S/C10H7F3N4O3/c1-15-8(10(11,12)13)14-16(9(15)18)6-4-2-3-5-7(6)17(19)20/h2-5H,1H3. The van der Waals surface area contributed by atoms with Gasteiger partial charge in [0, 0.05) is 13.1 Å². The number of para-hydroxylation sites is 2. The predicted molar refractivity (Wildman–Crippen MR) is 60.5 cm³/mol. The molecule has 0 spiro atoms. The van der Waals surface area contributed by atoms with Crippen LogP contribution in [0.2, 0.25) is 0 Å². The molecular formula is C10H7F3N4O3. The number of hydrogen-bond donors (Lipinski definition) is 0. The zero-order chi connectivity index (χ0) is 15.1. The highest BCUT2D eigenvalue weighted by atomic mass is 19.4. The summed E-state index contributed by atoms with van der Waals surface area (Å²) in [5, 5.41) is 14.0. The van der Waals surface area contributed by atoms with E-state index in [1.807, 2.05) is 0 Å². The third-order valence-corrected chi connectivity index (χ3v) is 2.54. The van der Waals surface area contributed by atoms with Crippen molar-refractivity contribution in [3.8, 4) is 5.69 Å². The molecule has 0 N–H and O–H groups in total. The molecule has 1 aromatic carbocycles. The minimum Gasteiger partial charge on any atom is -0.274 e. The van der Waals surface area contributed by atoms with E-state index in [0.717, 1.165) is 19.2 Å². The van der Waals surface area contributed by atoms with Gasteiger partial charge in [0.05, 0.1) is 4.92 Å². The van der Waals surface area contributed by atoms with Gasteiger partial charge in [-0.15, -0.1) is 5.10 Å². The fourth-order valence-electron chi connectivity index (χ4n) is 1.64. The fourth-order valence-corrected chi connectivity index (χ4v) is 1.64. The highest BCUT2D eigenvalue weighted by molar-refractivity contribution is 5.51. The molecule has 1 aromatic heterocycles. The maximum atomic E-state index is 12.6. The molecule has 2 rings (SSSR count). The molecule has 7 nitrogen and oxygen atoms in total. The summed E-state index contributed by atoms with van der Waals surface area (Å²) in [5.41, 5.74) is -1.96. The van der Waals surface area contributed by atoms with Gasteiger partial charge in [0.25, 0.3) is 5.69 Å². The molecule has 0 fully saturated rings. The smallest absolute Gasteiger partial charge is 0.274 e. The van der Waals surface area contributed by atoms with Gasteiger partial charge in [0.1, 0.15) is 5.69 Å². The van der Waals surface area contributed by atoms with Crippen LogP contribution in [0.3, 0.4) is 0 Å².